The molecule has 0 aliphatic heterocycles. The molecular weight excluding hydrogens is 368 g/mol. The van der Waals surface area contributed by atoms with E-state index in [0.717, 1.165) is 55.3 Å². The van der Waals surface area contributed by atoms with Crippen LogP contribution in [-0.4, -0.2) is 22.4 Å². The number of aliphatic hydroxyl groups excluding tert-OH is 2. The average Bonchev–Trinajstić information content (AvgIpc) is 3.01. The van der Waals surface area contributed by atoms with Crippen molar-refractivity contribution in [1.29, 1.82) is 0 Å². The third kappa shape index (κ3) is 3.42. The number of hydrogen-bond donors (Lipinski definition) is 2. The van der Waals surface area contributed by atoms with E-state index in [0.29, 0.717) is 11.3 Å². The molecule has 0 amide bonds. The van der Waals surface area contributed by atoms with E-state index in [9.17, 15) is 10.2 Å². The minimum absolute atomic E-state index is 0.109. The average molecular weight is 419 g/mol. The number of fused-ring (bicyclic) bond motifs is 5. The Labute approximate surface area is 186 Å². The van der Waals surface area contributed by atoms with Gasteiger partial charge in [0.1, 0.15) is 0 Å². The molecule has 0 radical (unpaired) electrons. The molecule has 4 fully saturated rings. The van der Waals surface area contributed by atoms with Gasteiger partial charge in [-0.1, -0.05) is 60.8 Å². The first-order valence-corrected chi connectivity index (χ1v) is 13.4. The highest BCUT2D eigenvalue weighted by molar-refractivity contribution is 5.15. The Balaban J connectivity index is 1.53. The monoisotopic (exact) mass is 418 g/mol. The van der Waals surface area contributed by atoms with Gasteiger partial charge in [0.2, 0.25) is 0 Å². The molecule has 4 saturated carbocycles. The summed E-state index contributed by atoms with van der Waals surface area (Å²) in [4.78, 5) is 0. The zero-order valence-corrected chi connectivity index (χ0v) is 20.8. The fourth-order valence-corrected chi connectivity index (χ4v) is 9.65. The van der Waals surface area contributed by atoms with E-state index in [2.05, 4.69) is 41.5 Å². The van der Waals surface area contributed by atoms with Gasteiger partial charge in [0.25, 0.3) is 0 Å². The smallest absolute Gasteiger partial charge is 0.0602 e. The van der Waals surface area contributed by atoms with Crippen molar-refractivity contribution in [1.82, 2.24) is 0 Å². The lowest BCUT2D eigenvalue weighted by molar-refractivity contribution is -0.219. The van der Waals surface area contributed by atoms with Gasteiger partial charge < -0.3 is 10.2 Å². The molecule has 0 bridgehead atoms. The van der Waals surface area contributed by atoms with E-state index in [-0.39, 0.29) is 23.0 Å². The van der Waals surface area contributed by atoms with Crippen LogP contribution in [0.1, 0.15) is 112 Å². The van der Waals surface area contributed by atoms with Crippen LogP contribution in [0.2, 0.25) is 0 Å². The van der Waals surface area contributed by atoms with Crippen molar-refractivity contribution in [2.24, 2.45) is 51.8 Å². The molecular formula is C28H50O2. The summed E-state index contributed by atoms with van der Waals surface area (Å²) in [6.45, 7) is 14.7. The predicted molar refractivity (Wildman–Crippen MR) is 125 cm³/mol. The van der Waals surface area contributed by atoms with Crippen molar-refractivity contribution in [3.63, 3.8) is 0 Å². The standard InChI is InChI=1S/C28H50O2/c1-18(2)8-7-9-19(3)22-10-11-23-21-16-25(30)28(6)17-20(29)12-15-27(28,5)24(21)13-14-26(22,23)4/h18-25,29-30H,7-17H2,1-6H3/t19-,20+,21+,22-,23+,24+,25-,26-,27-,28-/m1/s1. The van der Waals surface area contributed by atoms with Gasteiger partial charge in [0.15, 0.2) is 0 Å². The van der Waals surface area contributed by atoms with Crippen molar-refractivity contribution >= 4 is 0 Å². The second kappa shape index (κ2) is 8.05. The molecule has 4 aliphatic rings. The maximum absolute atomic E-state index is 11.4. The van der Waals surface area contributed by atoms with Gasteiger partial charge in [-0.3, -0.25) is 0 Å². The molecule has 0 saturated heterocycles. The predicted octanol–water partition coefficient (Wildman–Crippen LogP) is 6.83. The van der Waals surface area contributed by atoms with Crippen molar-refractivity contribution in [3.05, 3.63) is 0 Å². The molecule has 2 N–H and O–H groups in total. The largest absolute Gasteiger partial charge is 0.393 e. The maximum Gasteiger partial charge on any atom is 0.0602 e. The number of rotatable bonds is 5. The Hall–Kier alpha value is -0.0800. The Morgan fingerprint density at radius 2 is 1.57 bits per heavy atom. The van der Waals surface area contributed by atoms with E-state index >= 15 is 0 Å². The van der Waals surface area contributed by atoms with Crippen LogP contribution in [0.15, 0.2) is 0 Å². The van der Waals surface area contributed by atoms with Gasteiger partial charge in [-0.05, 0) is 97.7 Å². The fraction of sp³-hybridized carbons (Fsp3) is 1.00. The fourth-order valence-electron chi connectivity index (χ4n) is 9.65. The first-order chi connectivity index (χ1) is 14.0. The molecule has 4 aliphatic carbocycles. The second-order valence-corrected chi connectivity index (χ2v) is 13.4. The van der Waals surface area contributed by atoms with E-state index in [4.69, 9.17) is 0 Å². The van der Waals surface area contributed by atoms with Crippen molar-refractivity contribution < 1.29 is 10.2 Å². The molecule has 2 nitrogen and oxygen atoms in total. The van der Waals surface area contributed by atoms with E-state index < -0.39 is 0 Å². The van der Waals surface area contributed by atoms with Crippen molar-refractivity contribution in [2.45, 2.75) is 124 Å². The molecule has 2 heteroatoms. The molecule has 10 atom stereocenters. The van der Waals surface area contributed by atoms with Crippen LogP contribution in [0.5, 0.6) is 0 Å². The number of aliphatic hydroxyl groups is 2. The summed E-state index contributed by atoms with van der Waals surface area (Å²) in [5.41, 5.74) is 0.564. The molecule has 0 heterocycles. The highest BCUT2D eigenvalue weighted by Crippen LogP contribution is 2.71. The van der Waals surface area contributed by atoms with Crippen LogP contribution in [0, 0.1) is 51.8 Å². The van der Waals surface area contributed by atoms with Gasteiger partial charge in [0.05, 0.1) is 12.2 Å². The Morgan fingerprint density at radius 1 is 0.833 bits per heavy atom. The highest BCUT2D eigenvalue weighted by atomic mass is 16.3. The number of hydrogen-bond acceptors (Lipinski definition) is 2. The Kier molecular flexibility index (Phi) is 6.20. The molecule has 0 aromatic heterocycles. The summed E-state index contributed by atoms with van der Waals surface area (Å²) in [5, 5.41) is 21.8. The van der Waals surface area contributed by atoms with E-state index in [1.807, 2.05) is 0 Å². The zero-order valence-electron chi connectivity index (χ0n) is 20.8. The maximum atomic E-state index is 11.4. The van der Waals surface area contributed by atoms with Crippen LogP contribution >= 0.6 is 0 Å². The van der Waals surface area contributed by atoms with Crippen LogP contribution in [0.4, 0.5) is 0 Å². The first-order valence-electron chi connectivity index (χ1n) is 13.4. The highest BCUT2D eigenvalue weighted by Gasteiger charge is 2.66. The van der Waals surface area contributed by atoms with Crippen molar-refractivity contribution in [2.75, 3.05) is 0 Å². The summed E-state index contributed by atoms with van der Waals surface area (Å²) in [6.07, 6.45) is 13.0. The van der Waals surface area contributed by atoms with Crippen LogP contribution < -0.4 is 0 Å². The van der Waals surface area contributed by atoms with Gasteiger partial charge in [0, 0.05) is 5.41 Å². The van der Waals surface area contributed by atoms with Gasteiger partial charge >= 0.3 is 0 Å². The van der Waals surface area contributed by atoms with Crippen LogP contribution in [0.3, 0.4) is 0 Å². The molecule has 4 rings (SSSR count). The quantitative estimate of drug-likeness (QED) is 0.513. The Morgan fingerprint density at radius 3 is 2.27 bits per heavy atom. The third-order valence-corrected chi connectivity index (χ3v) is 11.6. The molecule has 30 heavy (non-hydrogen) atoms. The van der Waals surface area contributed by atoms with Crippen molar-refractivity contribution in [3.8, 4) is 0 Å². The molecule has 0 aromatic rings. The normalized spacial score (nSPS) is 51.9. The zero-order chi connectivity index (χ0) is 21.9. The van der Waals surface area contributed by atoms with Crippen LogP contribution in [0.25, 0.3) is 0 Å². The SMILES string of the molecule is CC(C)CCC[C@@H](C)[C@H]1CC[C@H]2[C@@H]3C[C@@H](O)[C@@]4(C)C[C@@H](O)CC[C@]4(C)[C@H]3CC[C@]12C. The van der Waals surface area contributed by atoms with Gasteiger partial charge in [-0.2, -0.15) is 0 Å². The van der Waals surface area contributed by atoms with Gasteiger partial charge in [-0.15, -0.1) is 0 Å². The topological polar surface area (TPSA) is 40.5 Å². The van der Waals surface area contributed by atoms with Gasteiger partial charge in [-0.25, -0.2) is 0 Å². The summed E-state index contributed by atoms with van der Waals surface area (Å²) in [6, 6.07) is 0. The third-order valence-electron chi connectivity index (χ3n) is 11.6. The molecule has 0 unspecified atom stereocenters. The lowest BCUT2D eigenvalue weighted by Crippen LogP contribution is -2.63. The Bertz CT molecular complexity index is 616. The molecule has 0 spiro atoms. The molecule has 174 valence electrons. The van der Waals surface area contributed by atoms with E-state index in [1.54, 1.807) is 0 Å². The second-order valence-electron chi connectivity index (χ2n) is 13.4. The lowest BCUT2D eigenvalue weighted by Gasteiger charge is -2.66. The lowest BCUT2D eigenvalue weighted by atomic mass is 9.39. The molecule has 0 aromatic carbocycles. The summed E-state index contributed by atoms with van der Waals surface area (Å²) >= 11 is 0. The first kappa shape index (κ1) is 23.1. The summed E-state index contributed by atoms with van der Waals surface area (Å²) < 4.78 is 0. The minimum Gasteiger partial charge on any atom is -0.393 e. The summed E-state index contributed by atoms with van der Waals surface area (Å²) in [7, 11) is 0. The van der Waals surface area contributed by atoms with Crippen LogP contribution in [-0.2, 0) is 0 Å². The van der Waals surface area contributed by atoms with E-state index in [1.165, 1.54) is 44.9 Å². The minimum atomic E-state index is -0.247. The summed E-state index contributed by atoms with van der Waals surface area (Å²) in [5.74, 6) is 4.78.